The molecule has 0 amide bonds. The van der Waals surface area contributed by atoms with E-state index >= 15 is 0 Å². The van der Waals surface area contributed by atoms with Gasteiger partial charge in [0.2, 0.25) is 0 Å². The minimum absolute atomic E-state index is 0.482. The van der Waals surface area contributed by atoms with E-state index in [1.165, 1.54) is 51.4 Å². The molecule has 0 aliphatic carbocycles. The molecule has 0 N–H and O–H groups in total. The Hall–Kier alpha value is -0.830. The second kappa shape index (κ2) is 14.2. The van der Waals surface area contributed by atoms with E-state index in [4.69, 9.17) is 4.89 Å². The van der Waals surface area contributed by atoms with Gasteiger partial charge in [-0.3, -0.25) is 4.89 Å². The standard InChI is InChI=1S/C15H28O3/c1-3-5-6-7-8-9-10-11-12-13-14-17-18-15(16)4-2/h4H,2-3,5-14H2,1H3. The molecule has 106 valence electrons. The summed E-state index contributed by atoms with van der Waals surface area (Å²) in [5.74, 6) is -0.526. The van der Waals surface area contributed by atoms with Crippen molar-refractivity contribution >= 4 is 5.97 Å². The Morgan fingerprint density at radius 3 is 1.94 bits per heavy atom. The third-order valence-electron chi connectivity index (χ3n) is 2.89. The molecule has 18 heavy (non-hydrogen) atoms. The summed E-state index contributed by atoms with van der Waals surface area (Å²) in [5.41, 5.74) is 0. The number of hydrogen-bond donors (Lipinski definition) is 0. The molecule has 0 aromatic carbocycles. The van der Waals surface area contributed by atoms with Crippen molar-refractivity contribution in [3.8, 4) is 0 Å². The van der Waals surface area contributed by atoms with Crippen LogP contribution >= 0.6 is 0 Å². The van der Waals surface area contributed by atoms with E-state index in [9.17, 15) is 4.79 Å². The highest BCUT2D eigenvalue weighted by atomic mass is 17.2. The van der Waals surface area contributed by atoms with Gasteiger partial charge in [-0.2, -0.15) is 4.89 Å². The van der Waals surface area contributed by atoms with Crippen molar-refractivity contribution in [3.63, 3.8) is 0 Å². The third kappa shape index (κ3) is 13.2. The van der Waals surface area contributed by atoms with E-state index in [0.29, 0.717) is 6.61 Å². The molecule has 3 heteroatoms. The van der Waals surface area contributed by atoms with Crippen LogP contribution in [0.4, 0.5) is 0 Å². The summed E-state index contributed by atoms with van der Waals surface area (Å²) in [6.07, 6.45) is 13.9. The van der Waals surface area contributed by atoms with Crippen LogP contribution in [0, 0.1) is 0 Å². The molecular weight excluding hydrogens is 228 g/mol. The van der Waals surface area contributed by atoms with Crippen molar-refractivity contribution in [3.05, 3.63) is 12.7 Å². The van der Waals surface area contributed by atoms with E-state index in [1.54, 1.807) is 0 Å². The Morgan fingerprint density at radius 1 is 0.944 bits per heavy atom. The lowest BCUT2D eigenvalue weighted by molar-refractivity contribution is -0.267. The summed E-state index contributed by atoms with van der Waals surface area (Å²) in [4.78, 5) is 19.8. The highest BCUT2D eigenvalue weighted by Crippen LogP contribution is 2.10. The normalized spacial score (nSPS) is 10.3. The molecule has 0 radical (unpaired) electrons. The minimum Gasteiger partial charge on any atom is -0.294 e. The van der Waals surface area contributed by atoms with Crippen LogP contribution in [-0.2, 0) is 14.6 Å². The quantitative estimate of drug-likeness (QED) is 0.209. The predicted molar refractivity (Wildman–Crippen MR) is 74.1 cm³/mol. The maximum Gasteiger partial charge on any atom is 0.365 e. The number of rotatable bonds is 13. The first-order valence-corrected chi connectivity index (χ1v) is 7.27. The lowest BCUT2D eigenvalue weighted by atomic mass is 10.1. The van der Waals surface area contributed by atoms with Crippen molar-refractivity contribution in [2.75, 3.05) is 6.61 Å². The highest BCUT2D eigenvalue weighted by Gasteiger charge is 1.96. The molecule has 0 heterocycles. The first-order valence-electron chi connectivity index (χ1n) is 7.27. The van der Waals surface area contributed by atoms with E-state index in [0.717, 1.165) is 18.9 Å². The Balaban J connectivity index is 2.98. The zero-order valence-electron chi connectivity index (χ0n) is 11.8. The number of carbonyl (C=O) groups excluding carboxylic acids is 1. The molecule has 0 saturated carbocycles. The van der Waals surface area contributed by atoms with Crippen molar-refractivity contribution in [1.82, 2.24) is 0 Å². The van der Waals surface area contributed by atoms with Gasteiger partial charge in [-0.05, 0) is 6.42 Å². The monoisotopic (exact) mass is 256 g/mol. The Labute approximate surface area is 111 Å². The summed E-state index contributed by atoms with van der Waals surface area (Å²) < 4.78 is 0. The smallest absolute Gasteiger partial charge is 0.294 e. The van der Waals surface area contributed by atoms with Crippen molar-refractivity contribution in [2.45, 2.75) is 71.1 Å². The van der Waals surface area contributed by atoms with Crippen LogP contribution in [-0.4, -0.2) is 12.6 Å². The van der Waals surface area contributed by atoms with Gasteiger partial charge in [0.15, 0.2) is 0 Å². The summed E-state index contributed by atoms with van der Waals surface area (Å²) >= 11 is 0. The van der Waals surface area contributed by atoms with Crippen LogP contribution < -0.4 is 0 Å². The largest absolute Gasteiger partial charge is 0.365 e. The molecule has 0 bridgehead atoms. The average molecular weight is 256 g/mol. The van der Waals surface area contributed by atoms with Crippen LogP contribution in [0.3, 0.4) is 0 Å². The number of carbonyl (C=O) groups is 1. The molecule has 0 aromatic rings. The van der Waals surface area contributed by atoms with Crippen LogP contribution in [0.25, 0.3) is 0 Å². The Bertz CT molecular complexity index is 202. The van der Waals surface area contributed by atoms with Gasteiger partial charge in [0.25, 0.3) is 0 Å². The molecule has 0 saturated heterocycles. The van der Waals surface area contributed by atoms with Gasteiger partial charge in [-0.1, -0.05) is 71.3 Å². The van der Waals surface area contributed by atoms with E-state index in [-0.39, 0.29) is 0 Å². The molecule has 0 aliphatic rings. The third-order valence-corrected chi connectivity index (χ3v) is 2.89. The van der Waals surface area contributed by atoms with Gasteiger partial charge in [0.1, 0.15) is 0 Å². The van der Waals surface area contributed by atoms with Crippen LogP contribution in [0.5, 0.6) is 0 Å². The number of unbranched alkanes of at least 4 members (excludes halogenated alkanes) is 9. The maximum absolute atomic E-state index is 10.6. The van der Waals surface area contributed by atoms with Crippen molar-refractivity contribution in [2.24, 2.45) is 0 Å². The molecule has 0 rings (SSSR count). The Morgan fingerprint density at radius 2 is 1.44 bits per heavy atom. The predicted octanol–water partition coefficient (Wildman–Crippen LogP) is 4.57. The topological polar surface area (TPSA) is 35.5 Å². The van der Waals surface area contributed by atoms with Gasteiger partial charge in [-0.15, -0.1) is 0 Å². The second-order valence-corrected chi connectivity index (χ2v) is 4.61. The van der Waals surface area contributed by atoms with Crippen molar-refractivity contribution < 1.29 is 14.6 Å². The van der Waals surface area contributed by atoms with E-state index in [2.05, 4.69) is 18.4 Å². The fourth-order valence-electron chi connectivity index (χ4n) is 1.78. The lowest BCUT2D eigenvalue weighted by Gasteiger charge is -2.02. The van der Waals surface area contributed by atoms with Gasteiger partial charge in [-0.25, -0.2) is 4.79 Å². The molecule has 0 unspecified atom stereocenters. The first-order chi connectivity index (χ1) is 8.81. The van der Waals surface area contributed by atoms with Crippen LogP contribution in [0.2, 0.25) is 0 Å². The van der Waals surface area contributed by atoms with E-state index in [1.807, 2.05) is 0 Å². The van der Waals surface area contributed by atoms with Gasteiger partial charge in [0, 0.05) is 6.08 Å². The summed E-state index contributed by atoms with van der Waals surface area (Å²) in [6, 6.07) is 0. The average Bonchev–Trinajstić information content (AvgIpc) is 2.39. The summed E-state index contributed by atoms with van der Waals surface area (Å²) in [7, 11) is 0. The fraction of sp³-hybridized carbons (Fsp3) is 0.800. The highest BCUT2D eigenvalue weighted by molar-refractivity contribution is 5.80. The molecule has 0 aliphatic heterocycles. The second-order valence-electron chi connectivity index (χ2n) is 4.61. The fourth-order valence-corrected chi connectivity index (χ4v) is 1.78. The maximum atomic E-state index is 10.6. The zero-order valence-corrected chi connectivity index (χ0v) is 11.8. The van der Waals surface area contributed by atoms with Gasteiger partial charge >= 0.3 is 5.97 Å². The summed E-state index contributed by atoms with van der Waals surface area (Å²) in [5, 5.41) is 0. The molecular formula is C15H28O3. The molecule has 0 fully saturated rings. The van der Waals surface area contributed by atoms with Crippen molar-refractivity contribution in [1.29, 1.82) is 0 Å². The Kier molecular flexibility index (Phi) is 13.6. The van der Waals surface area contributed by atoms with Gasteiger partial charge in [0.05, 0.1) is 6.61 Å². The summed E-state index contributed by atoms with van der Waals surface area (Å²) in [6.45, 7) is 6.01. The number of hydrogen-bond acceptors (Lipinski definition) is 3. The van der Waals surface area contributed by atoms with Gasteiger partial charge < -0.3 is 0 Å². The molecule has 0 spiro atoms. The van der Waals surface area contributed by atoms with Crippen LogP contribution in [0.1, 0.15) is 71.1 Å². The molecule has 0 atom stereocenters. The first kappa shape index (κ1) is 17.2. The zero-order chi connectivity index (χ0) is 13.5. The molecule has 3 nitrogen and oxygen atoms in total. The SMILES string of the molecule is C=CC(=O)OOCCCCCCCCCCCC. The molecule has 0 aromatic heterocycles. The van der Waals surface area contributed by atoms with E-state index < -0.39 is 5.97 Å². The lowest BCUT2D eigenvalue weighted by Crippen LogP contribution is -2.02. The van der Waals surface area contributed by atoms with Crippen LogP contribution in [0.15, 0.2) is 12.7 Å². The minimum atomic E-state index is -0.526.